The summed E-state index contributed by atoms with van der Waals surface area (Å²) >= 11 is 0. The third-order valence-electron chi connectivity index (χ3n) is 4.08. The predicted octanol–water partition coefficient (Wildman–Crippen LogP) is 3.09. The molecule has 0 bridgehead atoms. The van der Waals surface area contributed by atoms with E-state index >= 15 is 0 Å². The molecular weight excluding hydrogens is 374 g/mol. The molecule has 8 heteroatoms. The van der Waals surface area contributed by atoms with E-state index in [0.717, 1.165) is 5.56 Å². The standard InChI is InChI=1S/C21H21N3O5/c1-26-15-9-10-16(18(12-15)28-3)21-23-20(29-24-21)13-22-19(25)11-8-14-6-4-5-7-17(14)27-2/h4-12H,13H2,1-3H3,(H,22,25)/b11-8+. The van der Waals surface area contributed by atoms with Crippen LogP contribution in [0.2, 0.25) is 0 Å². The first-order chi connectivity index (χ1) is 14.1. The van der Waals surface area contributed by atoms with E-state index in [2.05, 4.69) is 15.5 Å². The van der Waals surface area contributed by atoms with Crippen molar-refractivity contribution in [2.24, 2.45) is 0 Å². The maximum Gasteiger partial charge on any atom is 0.246 e. The lowest BCUT2D eigenvalue weighted by molar-refractivity contribution is -0.116. The number of amides is 1. The molecule has 0 saturated heterocycles. The number of aromatic nitrogens is 2. The Morgan fingerprint density at radius 1 is 1.07 bits per heavy atom. The lowest BCUT2D eigenvalue weighted by atomic mass is 10.2. The van der Waals surface area contributed by atoms with Gasteiger partial charge in [0.25, 0.3) is 0 Å². The van der Waals surface area contributed by atoms with Gasteiger partial charge in [0.15, 0.2) is 0 Å². The van der Waals surface area contributed by atoms with Gasteiger partial charge < -0.3 is 24.1 Å². The number of nitrogens with zero attached hydrogens (tertiary/aromatic N) is 2. The van der Waals surface area contributed by atoms with Crippen LogP contribution in [0.4, 0.5) is 0 Å². The molecule has 150 valence electrons. The van der Waals surface area contributed by atoms with E-state index in [-0.39, 0.29) is 18.3 Å². The Labute approximate surface area is 168 Å². The monoisotopic (exact) mass is 395 g/mol. The Morgan fingerprint density at radius 2 is 1.86 bits per heavy atom. The van der Waals surface area contributed by atoms with Crippen molar-refractivity contribution in [2.75, 3.05) is 21.3 Å². The van der Waals surface area contributed by atoms with Gasteiger partial charge in [-0.3, -0.25) is 4.79 Å². The molecule has 0 aliphatic carbocycles. The van der Waals surface area contributed by atoms with E-state index in [0.29, 0.717) is 28.6 Å². The number of nitrogens with one attached hydrogen (secondary N) is 1. The van der Waals surface area contributed by atoms with Gasteiger partial charge in [0.05, 0.1) is 33.4 Å². The van der Waals surface area contributed by atoms with E-state index in [9.17, 15) is 4.79 Å². The van der Waals surface area contributed by atoms with Crippen molar-refractivity contribution in [3.63, 3.8) is 0 Å². The fourth-order valence-corrected chi connectivity index (χ4v) is 2.61. The molecule has 0 aliphatic rings. The maximum atomic E-state index is 12.1. The number of carbonyl (C=O) groups excluding carboxylic acids is 1. The van der Waals surface area contributed by atoms with Gasteiger partial charge in [0, 0.05) is 17.7 Å². The second kappa shape index (κ2) is 9.41. The molecule has 0 spiro atoms. The van der Waals surface area contributed by atoms with E-state index in [1.807, 2.05) is 24.3 Å². The number of carbonyl (C=O) groups is 1. The van der Waals surface area contributed by atoms with Crippen LogP contribution in [0.5, 0.6) is 17.2 Å². The Hall–Kier alpha value is -3.81. The number of hydrogen-bond acceptors (Lipinski definition) is 7. The zero-order valence-corrected chi connectivity index (χ0v) is 16.3. The van der Waals surface area contributed by atoms with Gasteiger partial charge >= 0.3 is 0 Å². The molecule has 8 nitrogen and oxygen atoms in total. The summed E-state index contributed by atoms with van der Waals surface area (Å²) in [5.74, 6) is 2.24. The highest BCUT2D eigenvalue weighted by atomic mass is 16.5. The molecule has 1 aromatic heterocycles. The van der Waals surface area contributed by atoms with Crippen LogP contribution < -0.4 is 19.5 Å². The zero-order chi connectivity index (χ0) is 20.6. The SMILES string of the molecule is COc1ccc(-c2noc(CNC(=O)/C=C/c3ccccc3OC)n2)c(OC)c1. The van der Waals surface area contributed by atoms with Gasteiger partial charge in [-0.25, -0.2) is 0 Å². The van der Waals surface area contributed by atoms with Crippen molar-refractivity contribution in [2.45, 2.75) is 6.54 Å². The van der Waals surface area contributed by atoms with Crippen molar-refractivity contribution in [1.29, 1.82) is 0 Å². The molecule has 0 unspecified atom stereocenters. The molecule has 29 heavy (non-hydrogen) atoms. The summed E-state index contributed by atoms with van der Waals surface area (Å²) in [5.41, 5.74) is 1.46. The van der Waals surface area contributed by atoms with Crippen LogP contribution in [0, 0.1) is 0 Å². The lowest BCUT2D eigenvalue weighted by Crippen LogP contribution is -2.20. The van der Waals surface area contributed by atoms with Gasteiger partial charge in [0.1, 0.15) is 17.2 Å². The molecule has 0 radical (unpaired) electrons. The van der Waals surface area contributed by atoms with Crippen LogP contribution in [-0.4, -0.2) is 37.4 Å². The Morgan fingerprint density at radius 3 is 2.62 bits per heavy atom. The largest absolute Gasteiger partial charge is 0.497 e. The average molecular weight is 395 g/mol. The van der Waals surface area contributed by atoms with Crippen LogP contribution in [0.25, 0.3) is 17.5 Å². The topological polar surface area (TPSA) is 95.7 Å². The minimum Gasteiger partial charge on any atom is -0.497 e. The van der Waals surface area contributed by atoms with Crippen LogP contribution >= 0.6 is 0 Å². The van der Waals surface area contributed by atoms with Crippen molar-refractivity contribution in [3.8, 4) is 28.6 Å². The van der Waals surface area contributed by atoms with Crippen LogP contribution in [0.1, 0.15) is 11.5 Å². The summed E-state index contributed by atoms with van der Waals surface area (Å²) in [5, 5.41) is 6.66. The summed E-state index contributed by atoms with van der Waals surface area (Å²) in [7, 11) is 4.71. The molecule has 3 rings (SSSR count). The second-order valence-electron chi connectivity index (χ2n) is 5.87. The molecule has 1 N–H and O–H groups in total. The smallest absolute Gasteiger partial charge is 0.246 e. The van der Waals surface area contributed by atoms with Gasteiger partial charge in [-0.05, 0) is 24.3 Å². The summed E-state index contributed by atoms with van der Waals surface area (Å²) in [6.07, 6.45) is 3.09. The van der Waals surface area contributed by atoms with Gasteiger partial charge in [-0.1, -0.05) is 23.4 Å². The zero-order valence-electron chi connectivity index (χ0n) is 16.3. The number of rotatable bonds is 8. The number of ether oxygens (including phenoxy) is 3. The minimum absolute atomic E-state index is 0.0978. The first-order valence-electron chi connectivity index (χ1n) is 8.78. The van der Waals surface area contributed by atoms with Crippen LogP contribution in [0.3, 0.4) is 0 Å². The van der Waals surface area contributed by atoms with E-state index < -0.39 is 0 Å². The Balaban J connectivity index is 1.63. The normalized spacial score (nSPS) is 10.7. The molecule has 1 amide bonds. The van der Waals surface area contributed by atoms with Crippen molar-refractivity contribution in [3.05, 3.63) is 60.0 Å². The van der Waals surface area contributed by atoms with Crippen LogP contribution in [-0.2, 0) is 11.3 Å². The van der Waals surface area contributed by atoms with Gasteiger partial charge in [0.2, 0.25) is 17.6 Å². The maximum absolute atomic E-state index is 12.1. The summed E-state index contributed by atoms with van der Waals surface area (Å²) < 4.78 is 21.0. The van der Waals surface area contributed by atoms with Gasteiger partial charge in [-0.2, -0.15) is 4.98 Å². The van der Waals surface area contributed by atoms with Crippen molar-refractivity contribution >= 4 is 12.0 Å². The highest BCUT2D eigenvalue weighted by Gasteiger charge is 2.14. The molecular formula is C21H21N3O5. The fourth-order valence-electron chi connectivity index (χ4n) is 2.61. The Bertz CT molecular complexity index is 1010. The predicted molar refractivity (Wildman–Crippen MR) is 107 cm³/mol. The quantitative estimate of drug-likeness (QED) is 0.586. The average Bonchev–Trinajstić information content (AvgIpc) is 3.24. The number of hydrogen-bond donors (Lipinski definition) is 1. The van der Waals surface area contributed by atoms with E-state index in [1.54, 1.807) is 45.6 Å². The molecule has 2 aromatic carbocycles. The Kier molecular flexibility index (Phi) is 6.47. The molecule has 0 aliphatic heterocycles. The summed E-state index contributed by atoms with van der Waals surface area (Å²) in [6.45, 7) is 0.0978. The highest BCUT2D eigenvalue weighted by molar-refractivity contribution is 5.92. The van der Waals surface area contributed by atoms with E-state index in [1.165, 1.54) is 6.08 Å². The molecule has 0 saturated carbocycles. The van der Waals surface area contributed by atoms with Crippen molar-refractivity contribution < 1.29 is 23.5 Å². The first kappa shape index (κ1) is 19.9. The van der Waals surface area contributed by atoms with Gasteiger partial charge in [-0.15, -0.1) is 0 Å². The molecule has 0 atom stereocenters. The lowest BCUT2D eigenvalue weighted by Gasteiger charge is -2.07. The second-order valence-corrected chi connectivity index (χ2v) is 5.87. The molecule has 3 aromatic rings. The minimum atomic E-state index is -0.294. The molecule has 0 fully saturated rings. The van der Waals surface area contributed by atoms with E-state index in [4.69, 9.17) is 18.7 Å². The number of benzene rings is 2. The fraction of sp³-hybridized carbons (Fsp3) is 0.190. The number of methoxy groups -OCH3 is 3. The first-order valence-corrected chi connectivity index (χ1v) is 8.78. The highest BCUT2D eigenvalue weighted by Crippen LogP contribution is 2.31. The van der Waals surface area contributed by atoms with Crippen LogP contribution in [0.15, 0.2) is 53.1 Å². The summed E-state index contributed by atoms with van der Waals surface area (Å²) in [6, 6.07) is 12.7. The number of para-hydroxylation sites is 1. The van der Waals surface area contributed by atoms with Crippen molar-refractivity contribution in [1.82, 2.24) is 15.5 Å². The summed E-state index contributed by atoms with van der Waals surface area (Å²) in [4.78, 5) is 16.4. The third-order valence-corrected chi connectivity index (χ3v) is 4.08. The molecule has 1 heterocycles. The third kappa shape index (κ3) is 4.92.